The lowest BCUT2D eigenvalue weighted by atomic mass is 9.94. The molecule has 0 radical (unpaired) electrons. The van der Waals surface area contributed by atoms with Gasteiger partial charge in [0, 0.05) is 33.2 Å². The van der Waals surface area contributed by atoms with Crippen molar-refractivity contribution in [2.45, 2.75) is 255 Å². The summed E-state index contributed by atoms with van der Waals surface area (Å²) < 4.78 is 23.3. The number of carboxylic acid groups (broad SMARTS) is 1. The van der Waals surface area contributed by atoms with Crippen LogP contribution in [0.2, 0.25) is 0 Å². The van der Waals surface area contributed by atoms with E-state index in [2.05, 4.69) is 38.8 Å². The highest BCUT2D eigenvalue weighted by molar-refractivity contribution is 5.92. The molecule has 2 aliphatic heterocycles. The maximum Gasteiger partial charge on any atom is 0.326 e. The summed E-state index contributed by atoms with van der Waals surface area (Å²) in [4.78, 5) is 101. The normalized spacial score (nSPS) is 25.0. The maximum atomic E-state index is 13.5. The van der Waals surface area contributed by atoms with Crippen LogP contribution in [0.5, 0.6) is 0 Å². The van der Waals surface area contributed by atoms with E-state index in [0.717, 1.165) is 33.1 Å². The van der Waals surface area contributed by atoms with Crippen LogP contribution < -0.4 is 37.6 Å². The Labute approximate surface area is 446 Å². The monoisotopic (exact) mass is 1090 g/mol. The van der Waals surface area contributed by atoms with E-state index in [-0.39, 0.29) is 18.7 Å². The number of hydrogen-bond acceptors (Lipinski definition) is 17. The molecule has 0 aromatic carbocycles. The van der Waals surface area contributed by atoms with Crippen molar-refractivity contribution in [3.8, 4) is 0 Å². The Morgan fingerprint density at radius 3 is 1.67 bits per heavy atom. The minimum atomic E-state index is -1.87. The first kappa shape index (κ1) is 67.5. The van der Waals surface area contributed by atoms with Crippen molar-refractivity contribution in [2.75, 3.05) is 19.8 Å². The number of carbonyl (C=O) groups is 8. The van der Waals surface area contributed by atoms with Crippen molar-refractivity contribution in [3.63, 3.8) is 0 Å². The molecule has 14 N–H and O–H groups in total. The SMILES string of the molecule is CCCCCCCCCCCCCCCCCC(=O)NCCCC[C@H](NC(=O)CC[C@@H](NC(=O)[C@H](C)NC(=O)[C@@H](C)O[C@H]1[C@H](O[C@@H]2O[C@H](CO)[C@@H](O)[C@H](O)[C@H]2NC(C)=O)[C@@H](CO)OC(O)[C@@H]1NC(C)=O)C(N)=O)C(=O)O. The molecule has 14 atom stereocenters. The Bertz CT molecular complexity index is 1780. The molecule has 2 aliphatic rings. The Hall–Kier alpha value is -4.60. The van der Waals surface area contributed by atoms with Gasteiger partial charge in [0.15, 0.2) is 12.6 Å². The number of carbonyl (C=O) groups excluding carboxylic acids is 7. The van der Waals surface area contributed by atoms with Gasteiger partial charge in [-0.3, -0.25) is 33.6 Å². The first-order chi connectivity index (χ1) is 36.1. The molecule has 25 nitrogen and oxygen atoms in total. The Balaban J connectivity index is 1.86. The van der Waals surface area contributed by atoms with Crippen molar-refractivity contribution >= 4 is 47.3 Å². The van der Waals surface area contributed by atoms with Crippen LogP contribution >= 0.6 is 0 Å². The minimum Gasteiger partial charge on any atom is -0.480 e. The maximum absolute atomic E-state index is 13.5. The van der Waals surface area contributed by atoms with E-state index in [4.69, 9.17) is 24.7 Å². The predicted octanol–water partition coefficient (Wildman–Crippen LogP) is -0.324. The lowest BCUT2D eigenvalue weighted by Crippen LogP contribution is -2.70. The van der Waals surface area contributed by atoms with Crippen LogP contribution in [0.3, 0.4) is 0 Å². The Morgan fingerprint density at radius 1 is 0.592 bits per heavy atom. The van der Waals surface area contributed by atoms with E-state index < -0.39 is 147 Å². The highest BCUT2D eigenvalue weighted by Gasteiger charge is 2.53. The van der Waals surface area contributed by atoms with Crippen molar-refractivity contribution in [1.29, 1.82) is 0 Å². The molecule has 0 aromatic rings. The van der Waals surface area contributed by atoms with E-state index in [0.29, 0.717) is 25.8 Å². The van der Waals surface area contributed by atoms with Gasteiger partial charge in [-0.2, -0.15) is 0 Å². The molecule has 2 fully saturated rings. The number of nitrogens with one attached hydrogen (secondary N) is 6. The smallest absolute Gasteiger partial charge is 0.326 e. The fourth-order valence-electron chi connectivity index (χ4n) is 9.04. The molecule has 0 spiro atoms. The number of hydrogen-bond donors (Lipinski definition) is 13. The van der Waals surface area contributed by atoms with E-state index in [1.54, 1.807) is 0 Å². The molecular formula is C51H91N7O18. The number of unbranched alkanes of at least 4 members (excludes halogenated alkanes) is 15. The zero-order valence-electron chi connectivity index (χ0n) is 45.2. The van der Waals surface area contributed by atoms with Crippen LogP contribution in [-0.2, 0) is 57.3 Å². The van der Waals surface area contributed by atoms with Gasteiger partial charge >= 0.3 is 5.97 Å². The van der Waals surface area contributed by atoms with Gasteiger partial charge in [-0.25, -0.2) is 4.79 Å². The highest BCUT2D eigenvalue weighted by Crippen LogP contribution is 2.31. The molecule has 7 amide bonds. The number of aliphatic carboxylic acids is 1. The zero-order chi connectivity index (χ0) is 56.7. The number of aliphatic hydroxyl groups is 5. The van der Waals surface area contributed by atoms with Gasteiger partial charge in [0.1, 0.15) is 72.9 Å². The molecule has 0 saturated carbocycles. The first-order valence-electron chi connectivity index (χ1n) is 27.3. The third-order valence-electron chi connectivity index (χ3n) is 13.4. The van der Waals surface area contributed by atoms with Crippen LogP contribution in [0.1, 0.15) is 169 Å². The van der Waals surface area contributed by atoms with Gasteiger partial charge in [-0.1, -0.05) is 96.8 Å². The summed E-state index contributed by atoms with van der Waals surface area (Å²) in [6, 6.07) is -7.07. The minimum absolute atomic E-state index is 0.0617. The van der Waals surface area contributed by atoms with Crippen molar-refractivity contribution in [3.05, 3.63) is 0 Å². The summed E-state index contributed by atoms with van der Waals surface area (Å²) in [5.74, 6) is -6.38. The summed E-state index contributed by atoms with van der Waals surface area (Å²) in [6.07, 6.45) is 4.50. The standard InChI is InChI=1S/C51H91N7O18/c1-6-7-8-9-10-11-12-13-14-15-16-17-18-19-20-24-38(63)53-27-22-21-23-35(49(70)71)57-39(64)26-25-34(46(52)67)58-47(68)30(2)54-48(69)31(3)73-45-41(56-33(5)62)50(72)74-37(29-60)44(45)76-51-40(55-32(4)61)43(66)42(65)36(28-59)75-51/h30-31,34-37,40-45,50-51,59-60,65-66,72H,6-29H2,1-5H3,(H2,52,67)(H,53,63)(H,54,69)(H,55,61)(H,56,62)(H,57,64)(H,58,68)(H,70,71)/t30-,31+,34+,35-,36+,37+,40+,41+,42+,43+,44+,45+,50?,51-/m0/s1. The van der Waals surface area contributed by atoms with Gasteiger partial charge in [0.25, 0.3) is 0 Å². The van der Waals surface area contributed by atoms with Crippen LogP contribution in [0.25, 0.3) is 0 Å². The summed E-state index contributed by atoms with van der Waals surface area (Å²) in [7, 11) is 0. The third kappa shape index (κ3) is 25.2. The fourth-order valence-corrected chi connectivity index (χ4v) is 9.04. The molecule has 1 unspecified atom stereocenters. The molecule has 0 bridgehead atoms. The average molecular weight is 1090 g/mol. The second-order valence-electron chi connectivity index (χ2n) is 20.0. The lowest BCUT2D eigenvalue weighted by molar-refractivity contribution is -0.333. The van der Waals surface area contributed by atoms with Crippen molar-refractivity contribution in [2.24, 2.45) is 5.73 Å². The summed E-state index contributed by atoms with van der Waals surface area (Å²) in [5, 5.41) is 76.9. The number of carboxylic acids is 1. The molecule has 25 heteroatoms. The number of amides is 7. The molecule has 438 valence electrons. The van der Waals surface area contributed by atoms with Crippen LogP contribution in [0, 0.1) is 0 Å². The number of aliphatic hydroxyl groups excluding tert-OH is 5. The summed E-state index contributed by atoms with van der Waals surface area (Å²) >= 11 is 0. The quantitative estimate of drug-likeness (QED) is 0.0351. The summed E-state index contributed by atoms with van der Waals surface area (Å²) in [6.45, 7) is 5.61. The number of ether oxygens (including phenoxy) is 4. The van der Waals surface area contributed by atoms with Crippen LogP contribution in [0.15, 0.2) is 0 Å². The fraction of sp³-hybridized carbons (Fsp3) is 0.843. The number of rotatable bonds is 39. The molecule has 76 heavy (non-hydrogen) atoms. The van der Waals surface area contributed by atoms with Gasteiger partial charge in [0.2, 0.25) is 41.4 Å². The average Bonchev–Trinajstić information content (AvgIpc) is 3.36. The third-order valence-corrected chi connectivity index (χ3v) is 13.4. The van der Waals surface area contributed by atoms with Crippen LogP contribution in [0.4, 0.5) is 0 Å². The Morgan fingerprint density at radius 2 is 1.14 bits per heavy atom. The molecule has 2 heterocycles. The van der Waals surface area contributed by atoms with Crippen molar-refractivity contribution < 1.29 is 87.9 Å². The lowest BCUT2D eigenvalue weighted by Gasteiger charge is -2.48. The van der Waals surface area contributed by atoms with Gasteiger partial charge < -0.3 is 87.2 Å². The van der Waals surface area contributed by atoms with Gasteiger partial charge in [-0.15, -0.1) is 0 Å². The summed E-state index contributed by atoms with van der Waals surface area (Å²) in [5.41, 5.74) is 5.52. The molecule has 2 rings (SSSR count). The van der Waals surface area contributed by atoms with Crippen molar-refractivity contribution in [1.82, 2.24) is 31.9 Å². The topological polar surface area (TPSA) is 393 Å². The van der Waals surface area contributed by atoms with E-state index in [1.165, 1.54) is 90.9 Å². The molecule has 2 saturated heterocycles. The predicted molar refractivity (Wildman–Crippen MR) is 274 cm³/mol. The second-order valence-corrected chi connectivity index (χ2v) is 20.0. The molecular weight excluding hydrogens is 999 g/mol. The number of primary amides is 1. The van der Waals surface area contributed by atoms with Gasteiger partial charge in [0.05, 0.1) is 13.2 Å². The van der Waals surface area contributed by atoms with E-state index in [1.807, 2.05) is 0 Å². The zero-order valence-corrected chi connectivity index (χ0v) is 45.2. The highest BCUT2D eigenvalue weighted by atomic mass is 16.7. The first-order valence-corrected chi connectivity index (χ1v) is 27.3. The van der Waals surface area contributed by atoms with E-state index in [9.17, 15) is 69.0 Å². The van der Waals surface area contributed by atoms with Gasteiger partial charge in [-0.05, 0) is 46.0 Å². The molecule has 0 aromatic heterocycles. The largest absolute Gasteiger partial charge is 0.480 e. The number of nitrogens with two attached hydrogens (primary N) is 1. The van der Waals surface area contributed by atoms with Crippen LogP contribution in [-0.4, -0.2) is 183 Å². The Kier molecular flexibility index (Phi) is 33.1. The second kappa shape index (κ2) is 37.3. The van der Waals surface area contributed by atoms with E-state index >= 15 is 0 Å². The molecule has 0 aliphatic carbocycles.